The van der Waals surface area contributed by atoms with Gasteiger partial charge in [-0.15, -0.1) is 0 Å². The number of hydrogen-bond donors (Lipinski definition) is 1. The molecule has 5 nitrogen and oxygen atoms in total. The van der Waals surface area contributed by atoms with Gasteiger partial charge in [0.05, 0.1) is 25.9 Å². The lowest BCUT2D eigenvalue weighted by molar-refractivity contribution is 0.0710. The first-order valence-corrected chi connectivity index (χ1v) is 6.83. The molecule has 0 bridgehead atoms. The normalized spacial score (nSPS) is 10.9. The SMILES string of the molecule is CCCOC.CCCOCCOC.COCC(C)O. The Balaban J connectivity index is -0.000000209. The molecule has 0 saturated heterocycles. The largest absolute Gasteiger partial charge is 0.391 e. The van der Waals surface area contributed by atoms with Gasteiger partial charge in [0.2, 0.25) is 0 Å². The van der Waals surface area contributed by atoms with E-state index < -0.39 is 0 Å². The van der Waals surface area contributed by atoms with E-state index in [1.165, 1.54) is 0 Å². The van der Waals surface area contributed by atoms with Gasteiger partial charge in [-0.1, -0.05) is 13.8 Å². The van der Waals surface area contributed by atoms with Crippen LogP contribution in [0.3, 0.4) is 0 Å². The summed E-state index contributed by atoms with van der Waals surface area (Å²) >= 11 is 0. The molecular formula is C14H34O5. The lowest BCUT2D eigenvalue weighted by Crippen LogP contribution is -2.07. The standard InChI is InChI=1S/C6H14O2.C4H10O2.C4H10O/c1-3-4-8-6-5-7-2;1-4(5)3-6-2;1-3-4-5-2/h3-6H2,1-2H3;4-5H,3H2,1-2H3;3-4H2,1-2H3. The van der Waals surface area contributed by atoms with Crippen molar-refractivity contribution in [2.45, 2.75) is 39.7 Å². The highest BCUT2D eigenvalue weighted by molar-refractivity contribution is 4.36. The summed E-state index contributed by atoms with van der Waals surface area (Å²) in [5.74, 6) is 0. The fourth-order valence-electron chi connectivity index (χ4n) is 0.834. The van der Waals surface area contributed by atoms with Crippen LogP contribution < -0.4 is 0 Å². The average molecular weight is 282 g/mol. The monoisotopic (exact) mass is 282 g/mol. The third-order valence-corrected chi connectivity index (χ3v) is 1.60. The molecule has 0 aromatic heterocycles. The smallest absolute Gasteiger partial charge is 0.0745 e. The fraction of sp³-hybridized carbons (Fsp3) is 1.00. The van der Waals surface area contributed by atoms with Crippen molar-refractivity contribution in [1.82, 2.24) is 0 Å². The predicted octanol–water partition coefficient (Wildman–Crippen LogP) is 2.12. The van der Waals surface area contributed by atoms with E-state index >= 15 is 0 Å². The van der Waals surface area contributed by atoms with Crippen LogP contribution in [0.4, 0.5) is 0 Å². The van der Waals surface area contributed by atoms with Crippen LogP contribution in [0, 0.1) is 0 Å². The Kier molecular flexibility index (Phi) is 33.1. The number of ether oxygens (including phenoxy) is 4. The number of hydrogen-bond acceptors (Lipinski definition) is 5. The summed E-state index contributed by atoms with van der Waals surface area (Å²) in [7, 11) is 4.95. The van der Waals surface area contributed by atoms with Crippen LogP contribution in [0.2, 0.25) is 0 Å². The lowest BCUT2D eigenvalue weighted by atomic mass is 10.5. The van der Waals surface area contributed by atoms with E-state index in [4.69, 9.17) is 19.3 Å². The van der Waals surface area contributed by atoms with Crippen LogP contribution in [-0.4, -0.2) is 65.6 Å². The van der Waals surface area contributed by atoms with Crippen molar-refractivity contribution in [3.63, 3.8) is 0 Å². The van der Waals surface area contributed by atoms with Crippen molar-refractivity contribution in [2.24, 2.45) is 0 Å². The molecule has 0 aliphatic carbocycles. The van der Waals surface area contributed by atoms with Gasteiger partial charge in [-0.2, -0.15) is 0 Å². The van der Waals surface area contributed by atoms with Gasteiger partial charge in [0.25, 0.3) is 0 Å². The van der Waals surface area contributed by atoms with Crippen molar-refractivity contribution >= 4 is 0 Å². The molecule has 0 radical (unpaired) electrons. The summed E-state index contributed by atoms with van der Waals surface area (Å²) in [5.41, 5.74) is 0. The van der Waals surface area contributed by atoms with E-state index in [2.05, 4.69) is 18.6 Å². The highest BCUT2D eigenvalue weighted by Crippen LogP contribution is 1.78. The van der Waals surface area contributed by atoms with Crippen LogP contribution in [-0.2, 0) is 18.9 Å². The maximum Gasteiger partial charge on any atom is 0.0745 e. The second-order valence-electron chi connectivity index (χ2n) is 3.90. The molecule has 0 amide bonds. The fourth-order valence-corrected chi connectivity index (χ4v) is 0.834. The Labute approximate surface area is 119 Å². The van der Waals surface area contributed by atoms with E-state index in [1.54, 1.807) is 28.3 Å². The predicted molar refractivity (Wildman–Crippen MR) is 78.7 cm³/mol. The summed E-state index contributed by atoms with van der Waals surface area (Å²) in [4.78, 5) is 0. The van der Waals surface area contributed by atoms with Crippen molar-refractivity contribution in [1.29, 1.82) is 0 Å². The summed E-state index contributed by atoms with van der Waals surface area (Å²) in [6.07, 6.45) is 1.88. The maximum atomic E-state index is 8.43. The van der Waals surface area contributed by atoms with Crippen LogP contribution in [0.5, 0.6) is 0 Å². The first-order chi connectivity index (χ1) is 9.10. The molecule has 19 heavy (non-hydrogen) atoms. The second kappa shape index (κ2) is 26.4. The third-order valence-electron chi connectivity index (χ3n) is 1.60. The van der Waals surface area contributed by atoms with Gasteiger partial charge in [-0.25, -0.2) is 0 Å². The summed E-state index contributed by atoms with van der Waals surface area (Å²) in [5, 5.41) is 8.43. The molecule has 1 unspecified atom stereocenters. The van der Waals surface area contributed by atoms with Gasteiger partial charge in [0.1, 0.15) is 0 Å². The van der Waals surface area contributed by atoms with Gasteiger partial charge >= 0.3 is 0 Å². The minimum Gasteiger partial charge on any atom is -0.391 e. The molecule has 0 rings (SSSR count). The zero-order valence-corrected chi connectivity index (χ0v) is 13.6. The first kappa shape index (κ1) is 23.9. The van der Waals surface area contributed by atoms with Gasteiger partial charge < -0.3 is 24.1 Å². The third kappa shape index (κ3) is 46.3. The first-order valence-electron chi connectivity index (χ1n) is 6.83. The Morgan fingerprint density at radius 3 is 1.53 bits per heavy atom. The van der Waals surface area contributed by atoms with Crippen LogP contribution >= 0.6 is 0 Å². The molecule has 0 aromatic rings. The van der Waals surface area contributed by atoms with Gasteiger partial charge in [-0.05, 0) is 19.8 Å². The maximum absolute atomic E-state index is 8.43. The van der Waals surface area contributed by atoms with Crippen molar-refractivity contribution in [3.05, 3.63) is 0 Å². The molecule has 0 fully saturated rings. The molecule has 0 aliphatic rings. The topological polar surface area (TPSA) is 57.2 Å². The van der Waals surface area contributed by atoms with Crippen LogP contribution in [0.1, 0.15) is 33.6 Å². The van der Waals surface area contributed by atoms with Gasteiger partial charge in [0, 0.05) is 34.5 Å². The lowest BCUT2D eigenvalue weighted by Gasteiger charge is -1.98. The van der Waals surface area contributed by atoms with E-state index in [0.29, 0.717) is 13.2 Å². The van der Waals surface area contributed by atoms with Crippen molar-refractivity contribution in [3.8, 4) is 0 Å². The van der Waals surface area contributed by atoms with E-state index in [0.717, 1.165) is 32.7 Å². The summed E-state index contributed by atoms with van der Waals surface area (Å²) in [6.45, 7) is 9.47. The zero-order valence-electron chi connectivity index (χ0n) is 13.6. The number of aliphatic hydroxyl groups is 1. The Bertz CT molecular complexity index is 112. The molecule has 120 valence electrons. The minimum atomic E-state index is -0.324. The average Bonchev–Trinajstić information content (AvgIpc) is 2.37. The Morgan fingerprint density at radius 1 is 0.789 bits per heavy atom. The molecule has 0 aliphatic heterocycles. The number of aliphatic hydroxyl groups excluding tert-OH is 1. The molecule has 1 N–H and O–H groups in total. The molecular weight excluding hydrogens is 248 g/mol. The van der Waals surface area contributed by atoms with E-state index in [-0.39, 0.29) is 6.10 Å². The van der Waals surface area contributed by atoms with Crippen LogP contribution in [0.15, 0.2) is 0 Å². The van der Waals surface area contributed by atoms with Crippen molar-refractivity contribution in [2.75, 3.05) is 54.4 Å². The number of rotatable bonds is 9. The van der Waals surface area contributed by atoms with Gasteiger partial charge in [0.15, 0.2) is 0 Å². The molecule has 5 heteroatoms. The molecule has 0 spiro atoms. The summed E-state index contributed by atoms with van der Waals surface area (Å²) in [6, 6.07) is 0. The molecule has 1 atom stereocenters. The molecule has 0 heterocycles. The highest BCUT2D eigenvalue weighted by atomic mass is 16.5. The second-order valence-corrected chi connectivity index (χ2v) is 3.90. The molecule has 0 aromatic carbocycles. The Morgan fingerprint density at radius 2 is 1.32 bits per heavy atom. The van der Waals surface area contributed by atoms with Gasteiger partial charge in [-0.3, -0.25) is 0 Å². The van der Waals surface area contributed by atoms with Crippen LogP contribution in [0.25, 0.3) is 0 Å². The highest BCUT2D eigenvalue weighted by Gasteiger charge is 1.87. The zero-order chi connectivity index (χ0) is 15.4. The van der Waals surface area contributed by atoms with E-state index in [9.17, 15) is 0 Å². The Hall–Kier alpha value is -0.200. The van der Waals surface area contributed by atoms with Crippen molar-refractivity contribution < 1.29 is 24.1 Å². The molecule has 0 saturated carbocycles. The summed E-state index contributed by atoms with van der Waals surface area (Å²) < 4.78 is 19.1. The minimum absolute atomic E-state index is 0.324. The van der Waals surface area contributed by atoms with E-state index in [1.807, 2.05) is 0 Å². The number of methoxy groups -OCH3 is 3. The quantitative estimate of drug-likeness (QED) is 0.656.